The summed E-state index contributed by atoms with van der Waals surface area (Å²) >= 11 is 0. The third-order valence-electron chi connectivity index (χ3n) is 9.13. The molecule has 0 bridgehead atoms. The van der Waals surface area contributed by atoms with E-state index in [0.29, 0.717) is 12.8 Å². The zero-order valence-electron chi connectivity index (χ0n) is 30.8. The molecule has 0 spiro atoms. The Labute approximate surface area is 287 Å². The summed E-state index contributed by atoms with van der Waals surface area (Å²) in [4.78, 5) is 12.3. The molecule has 0 aromatic heterocycles. The third kappa shape index (κ3) is 34.0. The van der Waals surface area contributed by atoms with Crippen LogP contribution in [0, 0.1) is 0 Å². The maximum atomic E-state index is 12.3. The highest BCUT2D eigenvalue weighted by molar-refractivity contribution is 5.76. The minimum atomic E-state index is -0.860. The van der Waals surface area contributed by atoms with Crippen LogP contribution in [-0.2, 0) is 4.79 Å². The van der Waals surface area contributed by atoms with E-state index >= 15 is 0 Å². The Balaban J connectivity index is 3.62. The van der Waals surface area contributed by atoms with Crippen molar-refractivity contribution in [1.29, 1.82) is 0 Å². The lowest BCUT2D eigenvalue weighted by molar-refractivity contribution is -0.122. The molecule has 0 saturated carbocycles. The highest BCUT2D eigenvalue weighted by atomic mass is 16.3. The van der Waals surface area contributed by atoms with Crippen molar-refractivity contribution >= 4 is 5.91 Å². The average Bonchev–Trinajstić information content (AvgIpc) is 3.06. The highest BCUT2D eigenvalue weighted by Gasteiger charge is 2.17. The first kappa shape index (κ1) is 44.6. The molecule has 0 aliphatic heterocycles. The molecule has 0 rings (SSSR count). The summed E-state index contributed by atoms with van der Waals surface area (Å²) in [6.45, 7) is 4.27. The molecule has 1 amide bonds. The maximum absolute atomic E-state index is 12.3. The van der Waals surface area contributed by atoms with Crippen molar-refractivity contribution in [2.75, 3.05) is 6.61 Å². The molecule has 0 aromatic carbocycles. The van der Waals surface area contributed by atoms with Gasteiger partial charge in [-0.05, 0) is 38.5 Å². The largest absolute Gasteiger partial charge is 0.394 e. The Bertz CT molecular complexity index is 701. The average molecular weight is 646 g/mol. The third-order valence-corrected chi connectivity index (χ3v) is 9.13. The van der Waals surface area contributed by atoms with E-state index < -0.39 is 12.1 Å². The van der Waals surface area contributed by atoms with Crippen LogP contribution < -0.4 is 5.32 Å². The molecular weight excluding hydrogens is 566 g/mol. The lowest BCUT2D eigenvalue weighted by atomic mass is 10.0. The summed E-state index contributed by atoms with van der Waals surface area (Å²) in [5.41, 5.74) is 0. The van der Waals surface area contributed by atoms with Crippen LogP contribution in [0.2, 0.25) is 0 Å². The van der Waals surface area contributed by atoms with Gasteiger partial charge in [-0.25, -0.2) is 0 Å². The number of rotatable bonds is 36. The van der Waals surface area contributed by atoms with Gasteiger partial charge in [-0.15, -0.1) is 0 Å². The predicted molar refractivity (Wildman–Crippen MR) is 202 cm³/mol. The van der Waals surface area contributed by atoms with Crippen molar-refractivity contribution in [3.63, 3.8) is 0 Å². The summed E-state index contributed by atoms with van der Waals surface area (Å²) in [5.74, 6) is -0.131. The van der Waals surface area contributed by atoms with Crippen LogP contribution in [0.25, 0.3) is 0 Å². The Morgan fingerprint density at radius 2 is 0.891 bits per heavy atom. The van der Waals surface area contributed by atoms with E-state index in [0.717, 1.165) is 25.7 Å². The van der Waals surface area contributed by atoms with Crippen LogP contribution in [0.4, 0.5) is 0 Å². The monoisotopic (exact) mass is 646 g/mol. The van der Waals surface area contributed by atoms with Gasteiger partial charge in [-0.2, -0.15) is 0 Å². The van der Waals surface area contributed by atoms with Gasteiger partial charge < -0.3 is 15.5 Å². The second-order valence-corrected chi connectivity index (χ2v) is 13.7. The topological polar surface area (TPSA) is 69.6 Å². The molecular formula is C42H79NO3. The minimum Gasteiger partial charge on any atom is -0.394 e. The molecule has 4 heteroatoms. The van der Waals surface area contributed by atoms with Crippen molar-refractivity contribution in [3.05, 3.63) is 36.5 Å². The summed E-state index contributed by atoms with van der Waals surface area (Å²) in [5, 5.41) is 22.9. The second-order valence-electron chi connectivity index (χ2n) is 13.7. The van der Waals surface area contributed by atoms with Gasteiger partial charge in [0.1, 0.15) is 0 Å². The lowest BCUT2D eigenvalue weighted by Crippen LogP contribution is -2.45. The first-order valence-corrected chi connectivity index (χ1v) is 20.2. The molecule has 4 nitrogen and oxygen atoms in total. The maximum Gasteiger partial charge on any atom is 0.220 e. The SMILES string of the molecule is CCCCCCCC/C=C\C/C=C\CCC(=O)NC(CO)C(O)/C=C/CCCCCCCCCCCCCCCCCCCCC. The summed E-state index contributed by atoms with van der Waals surface area (Å²) in [6.07, 6.45) is 49.7. The van der Waals surface area contributed by atoms with Crippen LogP contribution in [0.15, 0.2) is 36.5 Å². The number of carbonyl (C=O) groups excluding carboxylic acids is 1. The molecule has 0 aliphatic carbocycles. The van der Waals surface area contributed by atoms with Crippen LogP contribution >= 0.6 is 0 Å². The van der Waals surface area contributed by atoms with E-state index in [1.807, 2.05) is 12.2 Å². The Morgan fingerprint density at radius 1 is 0.522 bits per heavy atom. The van der Waals surface area contributed by atoms with Crippen molar-refractivity contribution in [2.45, 2.75) is 219 Å². The van der Waals surface area contributed by atoms with Crippen LogP contribution in [0.3, 0.4) is 0 Å². The minimum absolute atomic E-state index is 0.131. The molecule has 0 fully saturated rings. The van der Waals surface area contributed by atoms with Crippen molar-refractivity contribution in [3.8, 4) is 0 Å². The second kappa shape index (κ2) is 38.1. The van der Waals surface area contributed by atoms with Crippen molar-refractivity contribution < 1.29 is 15.0 Å². The predicted octanol–water partition coefficient (Wildman–Crippen LogP) is 12.2. The molecule has 0 aliphatic rings. The molecule has 2 unspecified atom stereocenters. The number of aliphatic hydroxyl groups is 2. The van der Waals surface area contributed by atoms with E-state index in [9.17, 15) is 15.0 Å². The van der Waals surface area contributed by atoms with Gasteiger partial charge in [0.25, 0.3) is 0 Å². The normalized spacial score (nSPS) is 13.4. The molecule has 0 saturated heterocycles. The molecule has 0 heterocycles. The van der Waals surface area contributed by atoms with E-state index in [4.69, 9.17) is 0 Å². The first-order valence-electron chi connectivity index (χ1n) is 20.2. The molecule has 46 heavy (non-hydrogen) atoms. The summed E-state index contributed by atoms with van der Waals surface area (Å²) in [7, 11) is 0. The molecule has 2 atom stereocenters. The van der Waals surface area contributed by atoms with Gasteiger partial charge in [-0.3, -0.25) is 4.79 Å². The highest BCUT2D eigenvalue weighted by Crippen LogP contribution is 2.15. The van der Waals surface area contributed by atoms with E-state index in [1.165, 1.54) is 154 Å². The van der Waals surface area contributed by atoms with Gasteiger partial charge >= 0.3 is 0 Å². The first-order chi connectivity index (χ1) is 22.7. The molecule has 0 radical (unpaired) electrons. The van der Waals surface area contributed by atoms with E-state index in [1.54, 1.807) is 6.08 Å². The van der Waals surface area contributed by atoms with Crippen molar-refractivity contribution in [2.24, 2.45) is 0 Å². The van der Waals surface area contributed by atoms with E-state index in [2.05, 4.69) is 37.4 Å². The van der Waals surface area contributed by atoms with Crippen molar-refractivity contribution in [1.82, 2.24) is 5.32 Å². The molecule has 270 valence electrons. The summed E-state index contributed by atoms with van der Waals surface area (Å²) in [6, 6.07) is -0.650. The fourth-order valence-electron chi connectivity index (χ4n) is 5.99. The Morgan fingerprint density at radius 3 is 1.30 bits per heavy atom. The number of unbranched alkanes of at least 4 members (excludes halogenated alkanes) is 25. The number of amides is 1. The number of hydrogen-bond acceptors (Lipinski definition) is 3. The van der Waals surface area contributed by atoms with E-state index in [-0.39, 0.29) is 12.5 Å². The molecule has 3 N–H and O–H groups in total. The van der Waals surface area contributed by atoms with Gasteiger partial charge in [0.2, 0.25) is 5.91 Å². The summed E-state index contributed by atoms with van der Waals surface area (Å²) < 4.78 is 0. The fourth-order valence-corrected chi connectivity index (χ4v) is 5.99. The van der Waals surface area contributed by atoms with Crippen LogP contribution in [0.1, 0.15) is 206 Å². The number of carbonyl (C=O) groups is 1. The van der Waals surface area contributed by atoms with Crippen LogP contribution in [0.5, 0.6) is 0 Å². The van der Waals surface area contributed by atoms with Crippen LogP contribution in [-0.4, -0.2) is 34.9 Å². The zero-order valence-corrected chi connectivity index (χ0v) is 30.8. The number of aliphatic hydroxyl groups excluding tert-OH is 2. The standard InChI is InChI=1S/C42H79NO3/c1-3-5-7-9-11-13-15-17-18-19-20-21-22-23-24-26-27-29-31-33-35-37-41(45)40(39-44)43-42(46)38-36-34-32-30-28-25-16-14-12-10-8-6-4-2/h25,28,32,34-35,37,40-41,44-45H,3-24,26-27,29-31,33,36,38-39H2,1-2H3,(H,43,46)/b28-25-,34-32-,37-35+. The molecule has 0 aromatic rings. The van der Waals surface area contributed by atoms with Gasteiger partial charge in [0.15, 0.2) is 0 Å². The Kier molecular flexibility index (Phi) is 36.9. The number of allylic oxidation sites excluding steroid dienone is 5. The fraction of sp³-hybridized carbons (Fsp3) is 0.833. The lowest BCUT2D eigenvalue weighted by Gasteiger charge is -2.19. The van der Waals surface area contributed by atoms with Gasteiger partial charge in [0, 0.05) is 6.42 Å². The number of hydrogen-bond donors (Lipinski definition) is 3. The number of nitrogens with one attached hydrogen (secondary N) is 1. The van der Waals surface area contributed by atoms with Gasteiger partial charge in [0.05, 0.1) is 18.8 Å². The van der Waals surface area contributed by atoms with Gasteiger partial charge in [-0.1, -0.05) is 198 Å². The zero-order chi connectivity index (χ0) is 33.6. The Hall–Kier alpha value is -1.39. The quantitative estimate of drug-likeness (QED) is 0.0469. The smallest absolute Gasteiger partial charge is 0.220 e.